The number of nitrogens with two attached hydrogens (primary N) is 1. The molecule has 0 aromatic heterocycles. The summed E-state index contributed by atoms with van der Waals surface area (Å²) >= 11 is 5.73. The van der Waals surface area contributed by atoms with E-state index < -0.39 is 0 Å². The molecule has 94 valence electrons. The molecule has 0 fully saturated rings. The first-order valence-corrected chi connectivity index (χ1v) is 6.27. The van der Waals surface area contributed by atoms with Gasteiger partial charge in [0.25, 0.3) is 0 Å². The van der Waals surface area contributed by atoms with E-state index in [1.54, 1.807) is 0 Å². The molecule has 18 heavy (non-hydrogen) atoms. The van der Waals surface area contributed by atoms with Crippen LogP contribution in [0.4, 0.5) is 0 Å². The molecule has 0 bridgehead atoms. The summed E-state index contributed by atoms with van der Waals surface area (Å²) in [7, 11) is 0. The lowest BCUT2D eigenvalue weighted by molar-refractivity contribution is 0.356. The monoisotopic (exact) mass is 261 g/mol. The van der Waals surface area contributed by atoms with Gasteiger partial charge >= 0.3 is 0 Å². The minimum atomic E-state index is 0.317. The van der Waals surface area contributed by atoms with Crippen molar-refractivity contribution in [1.29, 1.82) is 0 Å². The van der Waals surface area contributed by atoms with Gasteiger partial charge in [0.05, 0.1) is 0 Å². The van der Waals surface area contributed by atoms with E-state index in [-0.39, 0.29) is 0 Å². The third-order valence-electron chi connectivity index (χ3n) is 2.78. The fourth-order valence-electron chi connectivity index (χ4n) is 2.01. The van der Waals surface area contributed by atoms with Crippen LogP contribution in [0.5, 0.6) is 5.75 Å². The Bertz CT molecular complexity index is 565. The van der Waals surface area contributed by atoms with Gasteiger partial charge in [-0.1, -0.05) is 48.5 Å². The second-order valence-electron chi connectivity index (χ2n) is 4.11. The first-order chi connectivity index (χ1) is 8.72. The molecule has 0 unspecified atom stereocenters. The molecule has 0 saturated carbocycles. The Kier molecular flexibility index (Phi) is 4.24. The quantitative estimate of drug-likeness (QED) is 0.894. The molecule has 0 aliphatic rings. The summed E-state index contributed by atoms with van der Waals surface area (Å²) in [6, 6.07) is 12.2. The molecule has 0 saturated heterocycles. The van der Waals surface area contributed by atoms with Crippen LogP contribution in [0.15, 0.2) is 48.0 Å². The first kappa shape index (κ1) is 12.9. The van der Waals surface area contributed by atoms with Crippen LogP contribution in [0.1, 0.15) is 5.56 Å². The zero-order chi connectivity index (χ0) is 13.0. The third-order valence-corrected chi connectivity index (χ3v) is 2.89. The number of hydrogen-bond acceptors (Lipinski definition) is 2. The second-order valence-corrected chi connectivity index (χ2v) is 4.64. The number of halogens is 1. The standard InChI is InChI=1S/C15H16ClNO/c1-11(16)10-18-15-7-6-12-4-2-3-5-13(12)14(15)8-9-17/h2-7H,1,8-10,17H2. The van der Waals surface area contributed by atoms with Crippen molar-refractivity contribution in [3.63, 3.8) is 0 Å². The van der Waals surface area contributed by atoms with Gasteiger partial charge in [-0.3, -0.25) is 0 Å². The van der Waals surface area contributed by atoms with E-state index in [1.807, 2.05) is 24.3 Å². The summed E-state index contributed by atoms with van der Waals surface area (Å²) < 4.78 is 5.67. The smallest absolute Gasteiger partial charge is 0.123 e. The maximum atomic E-state index is 5.73. The Balaban J connectivity index is 2.44. The number of rotatable bonds is 5. The van der Waals surface area contributed by atoms with E-state index in [2.05, 4.69) is 18.7 Å². The van der Waals surface area contributed by atoms with Gasteiger partial charge < -0.3 is 10.5 Å². The summed E-state index contributed by atoms with van der Waals surface area (Å²) in [5.74, 6) is 0.834. The van der Waals surface area contributed by atoms with Crippen LogP contribution in [-0.2, 0) is 6.42 Å². The second kappa shape index (κ2) is 5.89. The summed E-state index contributed by atoms with van der Waals surface area (Å²) in [6.07, 6.45) is 0.783. The van der Waals surface area contributed by atoms with E-state index in [4.69, 9.17) is 22.1 Å². The highest BCUT2D eigenvalue weighted by molar-refractivity contribution is 6.29. The number of hydrogen-bond donors (Lipinski definition) is 1. The molecule has 0 heterocycles. The lowest BCUT2D eigenvalue weighted by atomic mass is 10.0. The van der Waals surface area contributed by atoms with E-state index in [1.165, 1.54) is 10.8 Å². The fourth-order valence-corrected chi connectivity index (χ4v) is 2.06. The van der Waals surface area contributed by atoms with Crippen LogP contribution in [0.2, 0.25) is 0 Å². The Morgan fingerprint density at radius 2 is 2.00 bits per heavy atom. The highest BCUT2D eigenvalue weighted by Gasteiger charge is 2.08. The molecule has 2 rings (SSSR count). The van der Waals surface area contributed by atoms with Gasteiger partial charge in [0.1, 0.15) is 12.4 Å². The van der Waals surface area contributed by atoms with Gasteiger partial charge in [0.2, 0.25) is 0 Å². The topological polar surface area (TPSA) is 35.2 Å². The van der Waals surface area contributed by atoms with Gasteiger partial charge in [-0.25, -0.2) is 0 Å². The molecular weight excluding hydrogens is 246 g/mol. The highest BCUT2D eigenvalue weighted by Crippen LogP contribution is 2.28. The molecule has 0 aliphatic heterocycles. The Morgan fingerprint density at radius 3 is 2.72 bits per heavy atom. The largest absolute Gasteiger partial charge is 0.488 e. The third kappa shape index (κ3) is 2.84. The SMILES string of the molecule is C=C(Cl)COc1ccc2ccccc2c1CCN. The molecule has 0 amide bonds. The van der Waals surface area contributed by atoms with E-state index in [9.17, 15) is 0 Å². The van der Waals surface area contributed by atoms with Crippen LogP contribution in [0.25, 0.3) is 10.8 Å². The van der Waals surface area contributed by atoms with E-state index >= 15 is 0 Å². The number of ether oxygens (including phenoxy) is 1. The van der Waals surface area contributed by atoms with Crippen LogP contribution in [0.3, 0.4) is 0 Å². The predicted octanol–water partition coefficient (Wildman–Crippen LogP) is 3.47. The molecule has 2 nitrogen and oxygen atoms in total. The van der Waals surface area contributed by atoms with Crippen molar-refractivity contribution in [2.24, 2.45) is 5.73 Å². The molecule has 2 aromatic rings. The van der Waals surface area contributed by atoms with Gasteiger partial charge in [0, 0.05) is 10.6 Å². The van der Waals surface area contributed by atoms with E-state index in [0.717, 1.165) is 17.7 Å². The maximum Gasteiger partial charge on any atom is 0.123 e. The molecule has 0 radical (unpaired) electrons. The molecular formula is C15H16ClNO. The summed E-state index contributed by atoms with van der Waals surface area (Å²) in [5, 5.41) is 2.86. The van der Waals surface area contributed by atoms with E-state index in [0.29, 0.717) is 18.2 Å². The molecule has 0 spiro atoms. The summed E-state index contributed by atoms with van der Waals surface area (Å²) in [4.78, 5) is 0. The van der Waals surface area contributed by atoms with Crippen LogP contribution >= 0.6 is 11.6 Å². The average Bonchev–Trinajstić information content (AvgIpc) is 2.38. The molecule has 0 atom stereocenters. The van der Waals surface area contributed by atoms with Crippen molar-refractivity contribution in [2.45, 2.75) is 6.42 Å². The van der Waals surface area contributed by atoms with Crippen molar-refractivity contribution in [1.82, 2.24) is 0 Å². The molecule has 3 heteroatoms. The summed E-state index contributed by atoms with van der Waals surface area (Å²) in [6.45, 7) is 4.53. The van der Waals surface area contributed by atoms with Crippen molar-refractivity contribution >= 4 is 22.4 Å². The maximum absolute atomic E-state index is 5.73. The van der Waals surface area contributed by atoms with Gasteiger partial charge in [-0.15, -0.1) is 0 Å². The highest BCUT2D eigenvalue weighted by atomic mass is 35.5. The average molecular weight is 262 g/mol. The van der Waals surface area contributed by atoms with Crippen molar-refractivity contribution in [3.05, 3.63) is 53.6 Å². The summed E-state index contributed by atoms with van der Waals surface area (Å²) in [5.41, 5.74) is 6.81. The predicted molar refractivity (Wildman–Crippen MR) is 77.2 cm³/mol. The van der Waals surface area contributed by atoms with Crippen molar-refractivity contribution < 1.29 is 4.74 Å². The van der Waals surface area contributed by atoms with Crippen molar-refractivity contribution in [2.75, 3.05) is 13.2 Å². The zero-order valence-electron chi connectivity index (χ0n) is 10.2. The van der Waals surface area contributed by atoms with Gasteiger partial charge in [-0.05, 0) is 29.8 Å². The minimum Gasteiger partial charge on any atom is -0.488 e. The molecule has 2 N–H and O–H groups in total. The molecule has 2 aromatic carbocycles. The normalized spacial score (nSPS) is 10.6. The van der Waals surface area contributed by atoms with Crippen molar-refractivity contribution in [3.8, 4) is 5.75 Å². The van der Waals surface area contributed by atoms with Crippen LogP contribution in [0, 0.1) is 0 Å². The Labute approximate surface area is 112 Å². The Hall–Kier alpha value is -1.51. The van der Waals surface area contributed by atoms with Crippen LogP contribution < -0.4 is 10.5 Å². The minimum absolute atomic E-state index is 0.317. The molecule has 0 aliphatic carbocycles. The zero-order valence-corrected chi connectivity index (χ0v) is 10.9. The fraction of sp³-hybridized carbons (Fsp3) is 0.200. The number of fused-ring (bicyclic) bond motifs is 1. The lowest BCUT2D eigenvalue weighted by Gasteiger charge is -2.13. The van der Waals surface area contributed by atoms with Crippen LogP contribution in [-0.4, -0.2) is 13.2 Å². The number of benzene rings is 2. The van der Waals surface area contributed by atoms with Gasteiger partial charge in [-0.2, -0.15) is 0 Å². The van der Waals surface area contributed by atoms with Gasteiger partial charge in [0.15, 0.2) is 0 Å². The first-order valence-electron chi connectivity index (χ1n) is 5.89. The Morgan fingerprint density at radius 1 is 1.22 bits per heavy atom. The lowest BCUT2D eigenvalue weighted by Crippen LogP contribution is -2.06.